The van der Waals surface area contributed by atoms with Crippen LogP contribution in [0.3, 0.4) is 0 Å². The lowest BCUT2D eigenvalue weighted by Crippen LogP contribution is -2.37. The van der Waals surface area contributed by atoms with Gasteiger partial charge in [-0.15, -0.1) is 0 Å². The van der Waals surface area contributed by atoms with Crippen molar-refractivity contribution < 1.29 is 22.0 Å². The average Bonchev–Trinajstić information content (AvgIpc) is 2.96. The molecule has 0 aliphatic carbocycles. The van der Waals surface area contributed by atoms with E-state index in [9.17, 15) is 22.0 Å². The monoisotopic (exact) mass is 616 g/mol. The zero-order valence-corrected chi connectivity index (χ0v) is 26.3. The lowest BCUT2D eigenvalue weighted by atomic mass is 10.0. The predicted molar refractivity (Wildman–Crippen MR) is 174 cm³/mol. The van der Waals surface area contributed by atoms with E-state index in [2.05, 4.69) is 60.2 Å². The summed E-state index contributed by atoms with van der Waals surface area (Å²) in [5.41, 5.74) is 5.94. The molecule has 0 unspecified atom stereocenters. The molecule has 0 amide bonds. The lowest BCUT2D eigenvalue weighted by molar-refractivity contribution is -0.137. The molecule has 0 saturated carbocycles. The van der Waals surface area contributed by atoms with Crippen LogP contribution in [0.15, 0.2) is 79.0 Å². The van der Waals surface area contributed by atoms with Gasteiger partial charge in [-0.2, -0.15) is 13.2 Å². The quantitative estimate of drug-likeness (QED) is 0.174. The van der Waals surface area contributed by atoms with E-state index in [0.717, 1.165) is 49.4 Å². The molecule has 4 nitrogen and oxygen atoms in total. The predicted octanol–water partition coefficient (Wildman–Crippen LogP) is 10.6. The number of piperidine rings is 1. The summed E-state index contributed by atoms with van der Waals surface area (Å²) >= 11 is 0. The molecule has 9 heteroatoms. The van der Waals surface area contributed by atoms with Gasteiger partial charge in [0.25, 0.3) is 0 Å². The first-order valence-electron chi connectivity index (χ1n) is 14.8. The Hall–Kier alpha value is -3.88. The van der Waals surface area contributed by atoms with Crippen molar-refractivity contribution in [2.24, 2.45) is 0 Å². The van der Waals surface area contributed by atoms with Gasteiger partial charge >= 0.3 is 6.18 Å². The first-order valence-corrected chi connectivity index (χ1v) is 14.8. The summed E-state index contributed by atoms with van der Waals surface area (Å²) in [6.45, 7) is 15.6. The maximum atomic E-state index is 13.0. The van der Waals surface area contributed by atoms with Crippen molar-refractivity contribution >= 4 is 22.8 Å². The van der Waals surface area contributed by atoms with E-state index in [-0.39, 0.29) is 6.42 Å². The number of anilines is 3. The van der Waals surface area contributed by atoms with Crippen molar-refractivity contribution in [1.82, 2.24) is 4.90 Å². The molecule has 1 aliphatic heterocycles. The number of hydrogen-bond acceptors (Lipinski definition) is 4. The molecule has 3 aromatic rings. The molecule has 1 saturated heterocycles. The number of rotatable bonds is 8. The van der Waals surface area contributed by atoms with Gasteiger partial charge in [0.05, 0.1) is 5.56 Å². The molecule has 0 radical (unpaired) electrons. The van der Waals surface area contributed by atoms with Gasteiger partial charge in [-0.1, -0.05) is 50.3 Å². The van der Waals surface area contributed by atoms with Crippen LogP contribution in [0.25, 0.3) is 0 Å². The second-order valence-corrected chi connectivity index (χ2v) is 11.0. The molecule has 1 aliphatic rings. The number of nitrogens with one attached hydrogen (secondary N) is 3. The van der Waals surface area contributed by atoms with Crippen LogP contribution in [0.2, 0.25) is 0 Å². The van der Waals surface area contributed by atoms with E-state index in [1.807, 2.05) is 19.1 Å². The molecule has 3 N–H and O–H groups in total. The number of allylic oxidation sites excluding steroid dienone is 1. The molecular formula is C35H45F5N4. The third kappa shape index (κ3) is 12.4. The Morgan fingerprint density at radius 1 is 0.932 bits per heavy atom. The first-order chi connectivity index (χ1) is 20.7. The molecule has 1 fully saturated rings. The normalized spacial score (nSPS) is 13.3. The Balaban J connectivity index is 0.000000396. The van der Waals surface area contributed by atoms with E-state index >= 15 is 0 Å². The number of halogens is 5. The minimum Gasteiger partial charge on any atom is -0.382 e. The summed E-state index contributed by atoms with van der Waals surface area (Å²) in [7, 11) is 0. The van der Waals surface area contributed by atoms with Crippen LogP contribution in [0.1, 0.15) is 68.7 Å². The van der Waals surface area contributed by atoms with Crippen molar-refractivity contribution in [1.29, 1.82) is 5.41 Å². The van der Waals surface area contributed by atoms with Crippen molar-refractivity contribution in [3.05, 3.63) is 101 Å². The van der Waals surface area contributed by atoms with Crippen LogP contribution >= 0.6 is 0 Å². The maximum absolute atomic E-state index is 13.0. The molecule has 0 bridgehead atoms. The fraction of sp³-hybridized carbons (Fsp3) is 0.400. The van der Waals surface area contributed by atoms with Gasteiger partial charge < -0.3 is 20.9 Å². The summed E-state index contributed by atoms with van der Waals surface area (Å²) in [5, 5.41) is 14.7. The zero-order valence-electron chi connectivity index (χ0n) is 26.3. The Morgan fingerprint density at radius 2 is 1.55 bits per heavy atom. The van der Waals surface area contributed by atoms with Crippen molar-refractivity contribution in [3.63, 3.8) is 0 Å². The Kier molecular flexibility index (Phi) is 14.4. The fourth-order valence-electron chi connectivity index (χ4n) is 4.50. The van der Waals surface area contributed by atoms with Crippen LogP contribution in [0, 0.1) is 19.3 Å². The van der Waals surface area contributed by atoms with Gasteiger partial charge in [-0.25, -0.2) is 8.78 Å². The topological polar surface area (TPSA) is 51.1 Å². The smallest absolute Gasteiger partial charge is 0.382 e. The largest absolute Gasteiger partial charge is 0.416 e. The average molecular weight is 617 g/mol. The summed E-state index contributed by atoms with van der Waals surface area (Å²) in [5.74, 6) is 0. The summed E-state index contributed by atoms with van der Waals surface area (Å²) in [6.07, 6.45) is -3.88. The van der Waals surface area contributed by atoms with E-state index in [1.165, 1.54) is 17.2 Å². The van der Waals surface area contributed by atoms with Gasteiger partial charge in [0.15, 0.2) is 0 Å². The molecule has 240 valence electrons. The zero-order chi connectivity index (χ0) is 32.9. The molecule has 3 aromatic carbocycles. The molecule has 1 heterocycles. The number of hydrogen-bond donors (Lipinski definition) is 3. The maximum Gasteiger partial charge on any atom is 0.416 e. The lowest BCUT2D eigenvalue weighted by Gasteiger charge is -2.34. The highest BCUT2D eigenvalue weighted by Crippen LogP contribution is 2.32. The van der Waals surface area contributed by atoms with Gasteiger partial charge in [-0.05, 0) is 88.1 Å². The highest BCUT2D eigenvalue weighted by Gasteiger charge is 2.30. The standard InChI is InChI=1S/C23H27F3N4.C8H10.C4H8F2/c1-15(2)30-11-9-18(10-12-30)28-20-7-8-22(21(14-20)16(3)27)29-19-6-4-5-17(13-19)23(24,25)26;1-7-5-3-4-6-8(7)2;1-2-3-4(5)6/h4-8,13-14,18,27-29H,1,9-12H2,2-3H3;3-6H,1-2H3;4H,2-3H2,1H3. The van der Waals surface area contributed by atoms with Crippen LogP contribution in [-0.2, 0) is 6.18 Å². The third-order valence-electron chi connectivity index (χ3n) is 7.23. The van der Waals surface area contributed by atoms with Crippen molar-refractivity contribution in [3.8, 4) is 0 Å². The number of nitrogens with zero attached hydrogens (tertiary/aromatic N) is 1. The van der Waals surface area contributed by atoms with Crippen molar-refractivity contribution in [2.45, 2.75) is 78.9 Å². The number of likely N-dealkylation sites (tertiary alicyclic amines) is 1. The van der Waals surface area contributed by atoms with Crippen LogP contribution < -0.4 is 10.6 Å². The van der Waals surface area contributed by atoms with Gasteiger partial charge in [0.2, 0.25) is 6.43 Å². The summed E-state index contributed by atoms with van der Waals surface area (Å²) < 4.78 is 61.0. The molecule has 0 atom stereocenters. The van der Waals surface area contributed by atoms with Gasteiger partial charge in [0.1, 0.15) is 0 Å². The number of benzene rings is 3. The Morgan fingerprint density at radius 3 is 2.00 bits per heavy atom. The van der Waals surface area contributed by atoms with Gasteiger partial charge in [-0.3, -0.25) is 0 Å². The van der Waals surface area contributed by atoms with Crippen molar-refractivity contribution in [2.75, 3.05) is 23.7 Å². The van der Waals surface area contributed by atoms with E-state index in [4.69, 9.17) is 5.41 Å². The minimum absolute atomic E-state index is 0.0417. The molecular weight excluding hydrogens is 571 g/mol. The molecule has 0 spiro atoms. The van der Waals surface area contributed by atoms with Crippen LogP contribution in [0.4, 0.5) is 39.0 Å². The number of alkyl halides is 5. The molecule has 4 rings (SSSR count). The summed E-state index contributed by atoms with van der Waals surface area (Å²) in [6, 6.07) is 19.3. The highest BCUT2D eigenvalue weighted by molar-refractivity contribution is 6.03. The second-order valence-electron chi connectivity index (χ2n) is 11.0. The fourth-order valence-corrected chi connectivity index (χ4v) is 4.50. The molecule has 44 heavy (non-hydrogen) atoms. The van der Waals surface area contributed by atoms with E-state index in [1.54, 1.807) is 26.0 Å². The Labute approximate surface area is 258 Å². The summed E-state index contributed by atoms with van der Waals surface area (Å²) in [4.78, 5) is 2.27. The van der Waals surface area contributed by atoms with E-state index < -0.39 is 18.2 Å². The number of aryl methyl sites for hydroxylation is 2. The first kappa shape index (κ1) is 36.3. The molecule has 0 aromatic heterocycles. The minimum atomic E-state index is -4.40. The van der Waals surface area contributed by atoms with E-state index in [0.29, 0.717) is 35.1 Å². The Bertz CT molecular complexity index is 1320. The van der Waals surface area contributed by atoms with Crippen LogP contribution in [0.5, 0.6) is 0 Å². The van der Waals surface area contributed by atoms with Crippen LogP contribution in [-0.4, -0.2) is 36.2 Å². The second kappa shape index (κ2) is 17.4. The SMILES string of the molecule is C=C(C)N1CCC(Nc2ccc(Nc3cccc(C(F)(F)F)c3)c(C(C)=N)c2)CC1.CCCC(F)F.Cc1ccccc1C. The van der Waals surface area contributed by atoms with Gasteiger partial charge in [0, 0.05) is 59.6 Å². The third-order valence-corrected chi connectivity index (χ3v) is 7.23. The highest BCUT2D eigenvalue weighted by atomic mass is 19.4.